The molecule has 0 amide bonds. The van der Waals surface area contributed by atoms with E-state index in [9.17, 15) is 9.90 Å². The average molecular weight is 214 g/mol. The number of hydrogen-bond donors (Lipinski definition) is 1. The highest BCUT2D eigenvalue weighted by atomic mass is 16.7. The van der Waals surface area contributed by atoms with Crippen molar-refractivity contribution in [2.24, 2.45) is 0 Å². The molecule has 1 rings (SSSR count). The molecule has 0 spiro atoms. The highest BCUT2D eigenvalue weighted by molar-refractivity contribution is 5.87. The van der Waals surface area contributed by atoms with Gasteiger partial charge in [-0.2, -0.15) is 0 Å². The van der Waals surface area contributed by atoms with E-state index in [1.807, 2.05) is 0 Å². The Kier molecular flexibility index (Phi) is 2.94. The predicted molar refractivity (Wildman–Crippen MR) is 55.1 cm³/mol. The van der Waals surface area contributed by atoms with Crippen LogP contribution in [0, 0.1) is 0 Å². The molecule has 0 aromatic rings. The van der Waals surface area contributed by atoms with Gasteiger partial charge in [-0.3, -0.25) is 0 Å². The SMILES string of the molecule is C=C(C)C(=O)OC1(C)CC(C)(O)OC1C. The second-order valence-electron chi connectivity index (χ2n) is 4.59. The van der Waals surface area contributed by atoms with Crippen molar-refractivity contribution in [1.82, 2.24) is 0 Å². The summed E-state index contributed by atoms with van der Waals surface area (Å²) >= 11 is 0. The zero-order valence-corrected chi connectivity index (χ0v) is 9.66. The van der Waals surface area contributed by atoms with Gasteiger partial charge in [-0.15, -0.1) is 0 Å². The second kappa shape index (κ2) is 3.61. The Morgan fingerprint density at radius 2 is 2.13 bits per heavy atom. The van der Waals surface area contributed by atoms with Gasteiger partial charge in [0.25, 0.3) is 0 Å². The fourth-order valence-electron chi connectivity index (χ4n) is 1.76. The Bertz CT molecular complexity index is 295. The molecule has 15 heavy (non-hydrogen) atoms. The third-order valence-electron chi connectivity index (χ3n) is 2.64. The van der Waals surface area contributed by atoms with Gasteiger partial charge in [0.1, 0.15) is 5.60 Å². The number of hydrogen-bond acceptors (Lipinski definition) is 4. The molecule has 3 atom stereocenters. The number of aliphatic hydroxyl groups is 1. The van der Waals surface area contributed by atoms with Crippen LogP contribution < -0.4 is 0 Å². The third kappa shape index (κ3) is 2.58. The molecule has 0 aromatic carbocycles. The molecule has 1 aliphatic rings. The molecule has 0 saturated carbocycles. The standard InChI is InChI=1S/C11H18O4/c1-7(2)9(12)15-10(4)6-11(5,13)14-8(10)3/h8,13H,1,6H2,2-5H3. The lowest BCUT2D eigenvalue weighted by Gasteiger charge is -2.27. The molecule has 1 fully saturated rings. The van der Waals surface area contributed by atoms with E-state index in [2.05, 4.69) is 6.58 Å². The van der Waals surface area contributed by atoms with Gasteiger partial charge in [0, 0.05) is 12.0 Å². The maximum absolute atomic E-state index is 11.4. The van der Waals surface area contributed by atoms with Crippen LogP contribution in [0.4, 0.5) is 0 Å². The van der Waals surface area contributed by atoms with Gasteiger partial charge in [-0.25, -0.2) is 4.79 Å². The zero-order valence-electron chi connectivity index (χ0n) is 9.66. The van der Waals surface area contributed by atoms with Crippen molar-refractivity contribution < 1.29 is 19.4 Å². The van der Waals surface area contributed by atoms with Crippen LogP contribution in [0.25, 0.3) is 0 Å². The molecule has 0 aromatic heterocycles. The molecule has 86 valence electrons. The van der Waals surface area contributed by atoms with E-state index < -0.39 is 17.4 Å². The van der Waals surface area contributed by atoms with E-state index >= 15 is 0 Å². The minimum atomic E-state index is -1.23. The Morgan fingerprint density at radius 1 is 1.60 bits per heavy atom. The maximum Gasteiger partial charge on any atom is 0.333 e. The molecule has 4 nitrogen and oxygen atoms in total. The number of carbonyl (C=O) groups excluding carboxylic acids is 1. The molecule has 1 N–H and O–H groups in total. The van der Waals surface area contributed by atoms with Crippen LogP contribution in [0.3, 0.4) is 0 Å². The Labute approximate surface area is 89.9 Å². The Morgan fingerprint density at radius 3 is 2.47 bits per heavy atom. The summed E-state index contributed by atoms with van der Waals surface area (Å²) in [6, 6.07) is 0. The van der Waals surface area contributed by atoms with Crippen molar-refractivity contribution in [1.29, 1.82) is 0 Å². The van der Waals surface area contributed by atoms with Crippen LogP contribution in [-0.2, 0) is 14.3 Å². The van der Waals surface area contributed by atoms with E-state index in [-0.39, 0.29) is 12.5 Å². The molecule has 1 heterocycles. The average Bonchev–Trinajstić information content (AvgIpc) is 2.19. The molecular weight excluding hydrogens is 196 g/mol. The summed E-state index contributed by atoms with van der Waals surface area (Å²) in [4.78, 5) is 11.4. The number of rotatable bonds is 2. The summed E-state index contributed by atoms with van der Waals surface area (Å²) in [7, 11) is 0. The third-order valence-corrected chi connectivity index (χ3v) is 2.64. The van der Waals surface area contributed by atoms with E-state index in [4.69, 9.17) is 9.47 Å². The number of carbonyl (C=O) groups is 1. The van der Waals surface area contributed by atoms with Crippen molar-refractivity contribution in [3.63, 3.8) is 0 Å². The fraction of sp³-hybridized carbons (Fsp3) is 0.727. The highest BCUT2D eigenvalue weighted by Crippen LogP contribution is 2.38. The quantitative estimate of drug-likeness (QED) is 0.557. The van der Waals surface area contributed by atoms with Crippen LogP contribution in [0.5, 0.6) is 0 Å². The molecule has 1 saturated heterocycles. The summed E-state index contributed by atoms with van der Waals surface area (Å²) in [6.45, 7) is 10.2. The lowest BCUT2D eigenvalue weighted by Crippen LogP contribution is -2.38. The van der Waals surface area contributed by atoms with Gasteiger partial charge in [-0.1, -0.05) is 6.58 Å². The number of ether oxygens (including phenoxy) is 2. The highest BCUT2D eigenvalue weighted by Gasteiger charge is 2.51. The molecular formula is C11H18O4. The minimum absolute atomic E-state index is 0.264. The van der Waals surface area contributed by atoms with E-state index in [0.29, 0.717) is 5.57 Å². The first-order chi connectivity index (χ1) is 6.66. The monoisotopic (exact) mass is 214 g/mol. The normalized spacial score (nSPS) is 40.2. The smallest absolute Gasteiger partial charge is 0.333 e. The minimum Gasteiger partial charge on any atom is -0.453 e. The van der Waals surface area contributed by atoms with Gasteiger partial charge in [-0.05, 0) is 27.7 Å². The lowest BCUT2D eigenvalue weighted by molar-refractivity contribution is -0.179. The first-order valence-corrected chi connectivity index (χ1v) is 4.95. The largest absolute Gasteiger partial charge is 0.453 e. The van der Waals surface area contributed by atoms with Gasteiger partial charge in [0.2, 0.25) is 0 Å². The molecule has 1 aliphatic heterocycles. The number of esters is 1. The Balaban J connectivity index is 2.76. The lowest BCUT2D eigenvalue weighted by atomic mass is 9.95. The first kappa shape index (κ1) is 12.2. The summed E-state index contributed by atoms with van der Waals surface area (Å²) in [5, 5.41) is 9.72. The summed E-state index contributed by atoms with van der Waals surface area (Å²) < 4.78 is 10.6. The zero-order chi connectivity index (χ0) is 11.9. The maximum atomic E-state index is 11.4. The van der Waals surface area contributed by atoms with Crippen LogP contribution in [-0.4, -0.2) is 28.6 Å². The van der Waals surface area contributed by atoms with Crippen molar-refractivity contribution in [3.8, 4) is 0 Å². The summed E-state index contributed by atoms with van der Waals surface area (Å²) in [5.74, 6) is -1.69. The van der Waals surface area contributed by atoms with Crippen LogP contribution >= 0.6 is 0 Å². The molecule has 4 heteroatoms. The summed E-state index contributed by atoms with van der Waals surface area (Å²) in [5.41, 5.74) is -0.450. The molecule has 3 unspecified atom stereocenters. The van der Waals surface area contributed by atoms with E-state index in [0.717, 1.165) is 0 Å². The van der Waals surface area contributed by atoms with Gasteiger partial charge < -0.3 is 14.6 Å². The fourth-order valence-corrected chi connectivity index (χ4v) is 1.76. The van der Waals surface area contributed by atoms with Gasteiger partial charge in [0.05, 0.1) is 6.10 Å². The molecule has 0 bridgehead atoms. The van der Waals surface area contributed by atoms with Crippen molar-refractivity contribution in [2.75, 3.05) is 0 Å². The van der Waals surface area contributed by atoms with E-state index in [1.54, 1.807) is 27.7 Å². The first-order valence-electron chi connectivity index (χ1n) is 4.95. The van der Waals surface area contributed by atoms with Crippen LogP contribution in [0.1, 0.15) is 34.1 Å². The van der Waals surface area contributed by atoms with Crippen molar-refractivity contribution in [2.45, 2.75) is 51.6 Å². The van der Waals surface area contributed by atoms with Crippen molar-refractivity contribution >= 4 is 5.97 Å². The predicted octanol–water partition coefficient (Wildman–Crippen LogP) is 1.38. The molecule has 0 radical (unpaired) electrons. The van der Waals surface area contributed by atoms with Gasteiger partial charge in [0.15, 0.2) is 5.79 Å². The van der Waals surface area contributed by atoms with Gasteiger partial charge >= 0.3 is 5.97 Å². The Hall–Kier alpha value is -0.870. The van der Waals surface area contributed by atoms with E-state index in [1.165, 1.54) is 0 Å². The molecule has 0 aliphatic carbocycles. The van der Waals surface area contributed by atoms with Crippen LogP contribution in [0.2, 0.25) is 0 Å². The summed E-state index contributed by atoms with van der Waals surface area (Å²) in [6.07, 6.45) is -0.0731. The van der Waals surface area contributed by atoms with Crippen molar-refractivity contribution in [3.05, 3.63) is 12.2 Å². The van der Waals surface area contributed by atoms with Crippen LogP contribution in [0.15, 0.2) is 12.2 Å². The topological polar surface area (TPSA) is 55.8 Å². The second-order valence-corrected chi connectivity index (χ2v) is 4.59.